The van der Waals surface area contributed by atoms with E-state index in [0.29, 0.717) is 23.8 Å². The number of hydrogen-bond donors (Lipinski definition) is 0. The van der Waals surface area contributed by atoms with Crippen LogP contribution in [0.4, 0.5) is 13.2 Å². The zero-order valence-electron chi connectivity index (χ0n) is 20.3. The second-order valence-corrected chi connectivity index (χ2v) is 9.95. The van der Waals surface area contributed by atoms with E-state index < -0.39 is 11.7 Å². The van der Waals surface area contributed by atoms with Crippen LogP contribution in [0.25, 0.3) is 22.4 Å². The lowest BCUT2D eigenvalue weighted by molar-refractivity contribution is -0.138. The van der Waals surface area contributed by atoms with Crippen LogP contribution in [-0.4, -0.2) is 27.0 Å². The number of aromatic nitrogens is 2. The molecule has 2 heterocycles. The molecule has 1 saturated carbocycles. The zero-order chi connectivity index (χ0) is 24.2. The molecule has 0 aliphatic heterocycles. The van der Waals surface area contributed by atoms with Crippen LogP contribution in [-0.2, 0) is 12.7 Å². The fourth-order valence-electron chi connectivity index (χ4n) is 5.52. The van der Waals surface area contributed by atoms with Crippen LogP contribution in [0.5, 0.6) is 0 Å². The van der Waals surface area contributed by atoms with E-state index in [4.69, 9.17) is 0 Å². The highest BCUT2D eigenvalue weighted by atomic mass is 19.4. The molecular weight excluding hydrogens is 435 g/mol. The van der Waals surface area contributed by atoms with E-state index in [2.05, 4.69) is 24.0 Å². The Morgan fingerprint density at radius 3 is 2.21 bits per heavy atom. The summed E-state index contributed by atoms with van der Waals surface area (Å²) >= 11 is 0. The molecule has 180 valence electrons. The SMILES string of the molecule is CCCN(Cc1c(C(F)(F)F)cc2n(-c3c(C)cc(C)cc3C)c3ccccc3n12)CC1CC1. The van der Waals surface area contributed by atoms with Crippen molar-refractivity contribution < 1.29 is 13.2 Å². The second kappa shape index (κ2) is 8.49. The Labute approximate surface area is 198 Å². The predicted molar refractivity (Wildman–Crippen MR) is 132 cm³/mol. The monoisotopic (exact) mass is 467 g/mol. The number of benzene rings is 2. The van der Waals surface area contributed by atoms with Crippen molar-refractivity contribution in [3.05, 3.63) is 70.4 Å². The largest absolute Gasteiger partial charge is 0.418 e. The van der Waals surface area contributed by atoms with Crippen LogP contribution in [0.2, 0.25) is 0 Å². The Morgan fingerprint density at radius 2 is 1.62 bits per heavy atom. The molecule has 0 unspecified atom stereocenters. The fourth-order valence-corrected chi connectivity index (χ4v) is 5.52. The lowest BCUT2D eigenvalue weighted by Crippen LogP contribution is -2.28. The number of fused-ring (bicyclic) bond motifs is 3. The Bertz CT molecular complexity index is 1330. The summed E-state index contributed by atoms with van der Waals surface area (Å²) in [6.07, 6.45) is -1.13. The third kappa shape index (κ3) is 4.02. The first-order valence-corrected chi connectivity index (χ1v) is 12.2. The molecule has 1 fully saturated rings. The number of aryl methyl sites for hydroxylation is 3. The van der Waals surface area contributed by atoms with E-state index in [0.717, 1.165) is 52.9 Å². The van der Waals surface area contributed by atoms with Gasteiger partial charge in [0.2, 0.25) is 0 Å². The minimum absolute atomic E-state index is 0.299. The molecule has 3 nitrogen and oxygen atoms in total. The molecular formula is C28H32F3N3. The Morgan fingerprint density at radius 1 is 0.971 bits per heavy atom. The number of rotatable bonds is 7. The van der Waals surface area contributed by atoms with Gasteiger partial charge < -0.3 is 0 Å². The van der Waals surface area contributed by atoms with Gasteiger partial charge in [-0.05, 0) is 81.8 Å². The number of para-hydroxylation sites is 2. The summed E-state index contributed by atoms with van der Waals surface area (Å²) in [5.41, 5.74) is 6.33. The molecule has 1 aliphatic rings. The topological polar surface area (TPSA) is 12.6 Å². The molecule has 0 bridgehead atoms. The van der Waals surface area contributed by atoms with E-state index in [1.807, 2.05) is 54.0 Å². The van der Waals surface area contributed by atoms with Gasteiger partial charge in [0, 0.05) is 13.1 Å². The van der Waals surface area contributed by atoms with Gasteiger partial charge in [-0.25, -0.2) is 0 Å². The van der Waals surface area contributed by atoms with Crippen molar-refractivity contribution in [3.8, 4) is 5.69 Å². The van der Waals surface area contributed by atoms with Crippen molar-refractivity contribution in [3.63, 3.8) is 0 Å². The van der Waals surface area contributed by atoms with E-state index in [-0.39, 0.29) is 0 Å². The molecule has 4 aromatic rings. The van der Waals surface area contributed by atoms with Crippen LogP contribution in [0, 0.1) is 26.7 Å². The molecule has 0 N–H and O–H groups in total. The van der Waals surface area contributed by atoms with Gasteiger partial charge >= 0.3 is 6.18 Å². The van der Waals surface area contributed by atoms with Crippen LogP contribution < -0.4 is 0 Å². The average Bonchev–Trinajstić information content (AvgIpc) is 3.40. The normalized spacial score (nSPS) is 14.7. The average molecular weight is 468 g/mol. The van der Waals surface area contributed by atoms with Crippen LogP contribution in [0.1, 0.15) is 54.1 Å². The molecule has 0 amide bonds. The van der Waals surface area contributed by atoms with Gasteiger partial charge in [0.1, 0.15) is 5.65 Å². The lowest BCUT2D eigenvalue weighted by Gasteiger charge is -2.22. The molecule has 2 aromatic carbocycles. The minimum Gasteiger partial charge on any atom is -0.297 e. The van der Waals surface area contributed by atoms with Gasteiger partial charge in [0.05, 0.1) is 28.0 Å². The quantitative estimate of drug-likeness (QED) is 0.275. The lowest BCUT2D eigenvalue weighted by atomic mass is 10.0. The number of halogens is 3. The third-order valence-corrected chi connectivity index (χ3v) is 6.97. The summed E-state index contributed by atoms with van der Waals surface area (Å²) in [5.74, 6) is 0.621. The molecule has 0 saturated heterocycles. The van der Waals surface area contributed by atoms with E-state index >= 15 is 0 Å². The first-order valence-electron chi connectivity index (χ1n) is 12.2. The van der Waals surface area contributed by atoms with Crippen LogP contribution >= 0.6 is 0 Å². The molecule has 34 heavy (non-hydrogen) atoms. The fraction of sp³-hybridized carbons (Fsp3) is 0.429. The summed E-state index contributed by atoms with van der Waals surface area (Å²) < 4.78 is 47.0. The van der Waals surface area contributed by atoms with Gasteiger partial charge in [-0.2, -0.15) is 13.2 Å². The third-order valence-electron chi connectivity index (χ3n) is 6.97. The second-order valence-electron chi connectivity index (χ2n) is 9.95. The molecule has 5 rings (SSSR count). The molecule has 1 aliphatic carbocycles. The first kappa shape index (κ1) is 23.0. The van der Waals surface area contributed by atoms with Gasteiger partial charge in [-0.3, -0.25) is 13.9 Å². The van der Waals surface area contributed by atoms with Gasteiger partial charge in [-0.1, -0.05) is 36.8 Å². The molecule has 0 atom stereocenters. The molecule has 6 heteroatoms. The summed E-state index contributed by atoms with van der Waals surface area (Å²) in [6, 6.07) is 13.4. The van der Waals surface area contributed by atoms with Crippen molar-refractivity contribution in [2.75, 3.05) is 13.1 Å². The Hall–Kier alpha value is -2.73. The van der Waals surface area contributed by atoms with Gasteiger partial charge in [0.15, 0.2) is 0 Å². The highest BCUT2D eigenvalue weighted by Crippen LogP contribution is 2.40. The van der Waals surface area contributed by atoms with Crippen LogP contribution in [0.3, 0.4) is 0 Å². The van der Waals surface area contributed by atoms with Crippen LogP contribution in [0.15, 0.2) is 42.5 Å². The number of alkyl halides is 3. The standard InChI is InChI=1S/C28H32F3N3/c1-5-12-32(16-21-10-11-21)17-25-22(28(29,30)31)15-26-33(25)23-8-6-7-9-24(23)34(26)27-19(3)13-18(2)14-20(27)4/h6-9,13-15,21H,5,10-12,16-17H2,1-4H3. The smallest absolute Gasteiger partial charge is 0.297 e. The Balaban J connectivity index is 1.80. The van der Waals surface area contributed by atoms with Crippen molar-refractivity contribution >= 4 is 16.7 Å². The zero-order valence-corrected chi connectivity index (χ0v) is 20.3. The maximum atomic E-state index is 14.4. The first-order chi connectivity index (χ1) is 16.2. The molecule has 0 spiro atoms. The highest BCUT2D eigenvalue weighted by molar-refractivity contribution is 5.86. The number of imidazole rings is 1. The summed E-state index contributed by atoms with van der Waals surface area (Å²) in [7, 11) is 0. The number of nitrogens with zero attached hydrogens (tertiary/aromatic N) is 3. The molecule has 2 aromatic heterocycles. The minimum atomic E-state index is -4.41. The number of hydrogen-bond acceptors (Lipinski definition) is 1. The van der Waals surface area contributed by atoms with Crippen molar-refractivity contribution in [2.24, 2.45) is 5.92 Å². The van der Waals surface area contributed by atoms with Crippen molar-refractivity contribution in [1.29, 1.82) is 0 Å². The Kier molecular flexibility index (Phi) is 5.75. The van der Waals surface area contributed by atoms with E-state index in [1.165, 1.54) is 18.9 Å². The highest BCUT2D eigenvalue weighted by Gasteiger charge is 2.38. The summed E-state index contributed by atoms with van der Waals surface area (Å²) in [5, 5.41) is 0. The van der Waals surface area contributed by atoms with Gasteiger partial charge in [-0.15, -0.1) is 0 Å². The van der Waals surface area contributed by atoms with E-state index in [9.17, 15) is 13.2 Å². The predicted octanol–water partition coefficient (Wildman–Crippen LogP) is 7.45. The maximum Gasteiger partial charge on any atom is 0.418 e. The summed E-state index contributed by atoms with van der Waals surface area (Å²) in [4.78, 5) is 2.21. The maximum absolute atomic E-state index is 14.4. The van der Waals surface area contributed by atoms with Crippen molar-refractivity contribution in [2.45, 2.75) is 59.7 Å². The molecule has 0 radical (unpaired) electrons. The van der Waals surface area contributed by atoms with Crippen molar-refractivity contribution in [1.82, 2.24) is 13.9 Å². The van der Waals surface area contributed by atoms with Gasteiger partial charge in [0.25, 0.3) is 0 Å². The van der Waals surface area contributed by atoms with E-state index in [1.54, 1.807) is 0 Å². The summed E-state index contributed by atoms with van der Waals surface area (Å²) in [6.45, 7) is 10.2.